The van der Waals surface area contributed by atoms with E-state index in [-0.39, 0.29) is 17.7 Å². The van der Waals surface area contributed by atoms with E-state index >= 15 is 0 Å². The fourth-order valence-electron chi connectivity index (χ4n) is 2.89. The van der Waals surface area contributed by atoms with Gasteiger partial charge in [0.05, 0.1) is 5.92 Å². The van der Waals surface area contributed by atoms with Crippen LogP contribution in [-0.4, -0.2) is 48.1 Å². The molecule has 19 heavy (non-hydrogen) atoms. The zero-order chi connectivity index (χ0) is 13.8. The minimum atomic E-state index is -0.758. The van der Waals surface area contributed by atoms with Gasteiger partial charge < -0.3 is 15.3 Å². The second-order valence-corrected chi connectivity index (χ2v) is 5.92. The minimum Gasteiger partial charge on any atom is -0.481 e. The summed E-state index contributed by atoms with van der Waals surface area (Å²) < 4.78 is 0. The second-order valence-electron chi connectivity index (χ2n) is 5.92. The highest BCUT2D eigenvalue weighted by molar-refractivity contribution is 5.77. The lowest BCUT2D eigenvalue weighted by Gasteiger charge is -2.41. The molecule has 2 N–H and O–H groups in total. The highest BCUT2D eigenvalue weighted by atomic mass is 16.4. The maximum absolute atomic E-state index is 12.0. The summed E-state index contributed by atoms with van der Waals surface area (Å²) >= 11 is 0. The number of amides is 1. The van der Waals surface area contributed by atoms with Crippen molar-refractivity contribution in [3.63, 3.8) is 0 Å². The predicted octanol–water partition coefficient (Wildman–Crippen LogP) is 0.945. The molecule has 0 bridgehead atoms. The normalized spacial score (nSPS) is 22.9. The van der Waals surface area contributed by atoms with Crippen LogP contribution < -0.4 is 5.32 Å². The Morgan fingerprint density at radius 3 is 2.53 bits per heavy atom. The topological polar surface area (TPSA) is 69.6 Å². The third-order valence-electron chi connectivity index (χ3n) is 4.58. The average Bonchev–Trinajstić information content (AvgIpc) is 2.35. The molecule has 5 heteroatoms. The van der Waals surface area contributed by atoms with Gasteiger partial charge >= 0.3 is 5.97 Å². The summed E-state index contributed by atoms with van der Waals surface area (Å²) in [5, 5.41) is 12.2. The molecular weight excluding hydrogens is 244 g/mol. The van der Waals surface area contributed by atoms with Crippen LogP contribution in [-0.2, 0) is 9.59 Å². The maximum Gasteiger partial charge on any atom is 0.306 e. The largest absolute Gasteiger partial charge is 0.481 e. The monoisotopic (exact) mass is 268 g/mol. The number of hydrogen-bond donors (Lipinski definition) is 2. The molecule has 0 saturated carbocycles. The summed E-state index contributed by atoms with van der Waals surface area (Å²) in [6.07, 6.45) is 3.95. The van der Waals surface area contributed by atoms with E-state index in [4.69, 9.17) is 5.11 Å². The fraction of sp³-hybridized carbons (Fsp3) is 0.857. The second kappa shape index (κ2) is 6.37. The van der Waals surface area contributed by atoms with E-state index in [1.54, 1.807) is 6.92 Å². The molecule has 5 nitrogen and oxygen atoms in total. The van der Waals surface area contributed by atoms with Crippen LogP contribution in [0.1, 0.15) is 32.6 Å². The number of carbonyl (C=O) groups excluding carboxylic acids is 1. The molecule has 2 aliphatic heterocycles. The summed E-state index contributed by atoms with van der Waals surface area (Å²) in [7, 11) is 0. The first kappa shape index (κ1) is 14.3. The van der Waals surface area contributed by atoms with Crippen LogP contribution in [0.25, 0.3) is 0 Å². The van der Waals surface area contributed by atoms with Crippen molar-refractivity contribution in [2.75, 3.05) is 26.2 Å². The van der Waals surface area contributed by atoms with Crippen LogP contribution in [0.2, 0.25) is 0 Å². The minimum absolute atomic E-state index is 0.139. The highest BCUT2D eigenvalue weighted by Crippen LogP contribution is 2.26. The number of carboxylic acids is 1. The van der Waals surface area contributed by atoms with Gasteiger partial charge in [0.2, 0.25) is 5.91 Å². The molecule has 2 saturated heterocycles. The van der Waals surface area contributed by atoms with Crippen LogP contribution in [0.5, 0.6) is 0 Å². The van der Waals surface area contributed by atoms with Crippen molar-refractivity contribution in [1.82, 2.24) is 10.2 Å². The van der Waals surface area contributed by atoms with Crippen LogP contribution in [0.4, 0.5) is 0 Å². The number of piperidine rings is 1. The van der Waals surface area contributed by atoms with Crippen LogP contribution >= 0.6 is 0 Å². The fourth-order valence-corrected chi connectivity index (χ4v) is 2.89. The van der Waals surface area contributed by atoms with Gasteiger partial charge in [0.25, 0.3) is 0 Å². The van der Waals surface area contributed by atoms with E-state index in [0.29, 0.717) is 25.4 Å². The standard InChI is InChI=1S/C14H24N2O3/c1-10(14(18)19)12-8-16(9-12)13(17)3-2-11-4-6-15-7-5-11/h10-12,15H,2-9H2,1H3,(H,18,19). The smallest absolute Gasteiger partial charge is 0.306 e. The van der Waals surface area contributed by atoms with E-state index in [1.807, 2.05) is 4.90 Å². The number of likely N-dealkylation sites (tertiary alicyclic amines) is 1. The van der Waals surface area contributed by atoms with E-state index in [1.165, 1.54) is 12.8 Å². The first-order valence-corrected chi connectivity index (χ1v) is 7.29. The van der Waals surface area contributed by atoms with Gasteiger partial charge in [-0.05, 0) is 38.3 Å². The van der Waals surface area contributed by atoms with E-state index < -0.39 is 5.97 Å². The Labute approximate surface area is 114 Å². The highest BCUT2D eigenvalue weighted by Gasteiger charge is 2.36. The first-order chi connectivity index (χ1) is 9.08. The van der Waals surface area contributed by atoms with Crippen LogP contribution in [0, 0.1) is 17.8 Å². The van der Waals surface area contributed by atoms with Crippen molar-refractivity contribution < 1.29 is 14.7 Å². The zero-order valence-electron chi connectivity index (χ0n) is 11.6. The van der Waals surface area contributed by atoms with Crippen molar-refractivity contribution in [3.05, 3.63) is 0 Å². The van der Waals surface area contributed by atoms with Gasteiger partial charge in [-0.2, -0.15) is 0 Å². The zero-order valence-corrected chi connectivity index (χ0v) is 11.6. The average molecular weight is 268 g/mol. The lowest BCUT2D eigenvalue weighted by atomic mass is 9.86. The van der Waals surface area contributed by atoms with E-state index in [2.05, 4.69) is 5.32 Å². The third-order valence-corrected chi connectivity index (χ3v) is 4.58. The van der Waals surface area contributed by atoms with Crippen molar-refractivity contribution >= 4 is 11.9 Å². The summed E-state index contributed by atoms with van der Waals surface area (Å²) in [5.74, 6) is -0.0757. The van der Waals surface area contributed by atoms with Gasteiger partial charge in [0.1, 0.15) is 0 Å². The molecule has 1 amide bonds. The lowest BCUT2D eigenvalue weighted by Crippen LogP contribution is -2.53. The van der Waals surface area contributed by atoms with Crippen molar-refractivity contribution in [3.8, 4) is 0 Å². The lowest BCUT2D eigenvalue weighted by molar-refractivity contribution is -0.150. The molecule has 108 valence electrons. The van der Waals surface area contributed by atoms with Gasteiger partial charge in [0, 0.05) is 25.4 Å². The van der Waals surface area contributed by atoms with Crippen molar-refractivity contribution in [2.24, 2.45) is 17.8 Å². The summed E-state index contributed by atoms with van der Waals surface area (Å²) in [5.41, 5.74) is 0. The van der Waals surface area contributed by atoms with Gasteiger partial charge in [-0.1, -0.05) is 6.92 Å². The number of nitrogens with zero attached hydrogens (tertiary/aromatic N) is 1. The molecule has 0 radical (unpaired) electrons. The predicted molar refractivity (Wildman–Crippen MR) is 71.7 cm³/mol. The number of aliphatic carboxylic acids is 1. The van der Waals surface area contributed by atoms with Crippen LogP contribution in [0.15, 0.2) is 0 Å². The molecule has 0 aromatic rings. The van der Waals surface area contributed by atoms with Crippen molar-refractivity contribution in [1.29, 1.82) is 0 Å². The Morgan fingerprint density at radius 2 is 1.95 bits per heavy atom. The van der Waals surface area contributed by atoms with E-state index in [0.717, 1.165) is 19.5 Å². The molecular formula is C14H24N2O3. The SMILES string of the molecule is CC(C(=O)O)C1CN(C(=O)CCC2CCNCC2)C1. The van der Waals surface area contributed by atoms with E-state index in [9.17, 15) is 9.59 Å². The molecule has 1 atom stereocenters. The Bertz CT molecular complexity index is 334. The molecule has 2 rings (SSSR count). The number of carboxylic acid groups (broad SMARTS) is 1. The molecule has 0 aliphatic carbocycles. The molecule has 0 aromatic carbocycles. The van der Waals surface area contributed by atoms with Gasteiger partial charge in [0.15, 0.2) is 0 Å². The first-order valence-electron chi connectivity index (χ1n) is 7.29. The molecule has 2 heterocycles. The Hall–Kier alpha value is -1.10. The Kier molecular flexibility index (Phi) is 4.80. The van der Waals surface area contributed by atoms with Gasteiger partial charge in [-0.3, -0.25) is 9.59 Å². The number of nitrogens with one attached hydrogen (secondary N) is 1. The summed E-state index contributed by atoms with van der Waals surface area (Å²) in [6.45, 7) is 5.11. The quantitative estimate of drug-likeness (QED) is 0.779. The molecule has 2 fully saturated rings. The summed E-state index contributed by atoms with van der Waals surface area (Å²) in [4.78, 5) is 24.6. The summed E-state index contributed by atoms with van der Waals surface area (Å²) in [6, 6.07) is 0. The molecule has 0 spiro atoms. The Balaban J connectivity index is 1.64. The number of rotatable bonds is 5. The Morgan fingerprint density at radius 1 is 1.32 bits per heavy atom. The molecule has 0 aromatic heterocycles. The van der Waals surface area contributed by atoms with Gasteiger partial charge in [-0.15, -0.1) is 0 Å². The van der Waals surface area contributed by atoms with Crippen LogP contribution in [0.3, 0.4) is 0 Å². The third kappa shape index (κ3) is 3.69. The van der Waals surface area contributed by atoms with Crippen molar-refractivity contribution in [2.45, 2.75) is 32.6 Å². The van der Waals surface area contributed by atoms with Gasteiger partial charge in [-0.25, -0.2) is 0 Å². The number of carbonyl (C=O) groups is 2. The number of hydrogen-bond acceptors (Lipinski definition) is 3. The molecule has 1 unspecified atom stereocenters. The maximum atomic E-state index is 12.0. The molecule has 2 aliphatic rings.